The van der Waals surface area contributed by atoms with E-state index in [0.29, 0.717) is 23.1 Å². The van der Waals surface area contributed by atoms with Gasteiger partial charge in [0.1, 0.15) is 5.75 Å². The number of rotatable bonds is 10. The van der Waals surface area contributed by atoms with E-state index in [1.165, 1.54) is 6.08 Å². The molecule has 0 saturated carbocycles. The highest BCUT2D eigenvalue weighted by molar-refractivity contribution is 6.02. The van der Waals surface area contributed by atoms with Crippen LogP contribution in [0.4, 0.5) is 23.0 Å². The minimum Gasteiger partial charge on any atom is -0.494 e. The van der Waals surface area contributed by atoms with Gasteiger partial charge in [0.05, 0.1) is 40.9 Å². The second-order valence-corrected chi connectivity index (χ2v) is 8.90. The molecular formula is C27H32N8O2. The summed E-state index contributed by atoms with van der Waals surface area (Å²) in [6, 6.07) is 9.49. The number of nitrogens with one attached hydrogen (secondary N) is 2. The lowest BCUT2D eigenvalue weighted by Crippen LogP contribution is -2.29. The Morgan fingerprint density at radius 3 is 2.68 bits per heavy atom. The first kappa shape index (κ1) is 25.6. The molecule has 10 nitrogen and oxygen atoms in total. The fourth-order valence-corrected chi connectivity index (χ4v) is 4.00. The molecule has 0 aliphatic rings. The van der Waals surface area contributed by atoms with Gasteiger partial charge in [0, 0.05) is 57.4 Å². The molecule has 0 spiro atoms. The van der Waals surface area contributed by atoms with Gasteiger partial charge in [-0.25, -0.2) is 9.97 Å². The Kier molecular flexibility index (Phi) is 7.69. The average Bonchev–Trinajstić information content (AvgIpc) is 3.24. The van der Waals surface area contributed by atoms with Crippen LogP contribution in [0.2, 0.25) is 0 Å². The summed E-state index contributed by atoms with van der Waals surface area (Å²) in [6.07, 6.45) is 6.72. The molecule has 3 heterocycles. The molecule has 0 radical (unpaired) electrons. The summed E-state index contributed by atoms with van der Waals surface area (Å²) in [5.41, 5.74) is 5.57. The van der Waals surface area contributed by atoms with Gasteiger partial charge < -0.3 is 29.7 Å². The third kappa shape index (κ3) is 5.70. The van der Waals surface area contributed by atoms with Crippen molar-refractivity contribution in [1.82, 2.24) is 24.4 Å². The van der Waals surface area contributed by atoms with Crippen LogP contribution in [0.15, 0.2) is 61.6 Å². The number of aryl methyl sites for hydroxylation is 1. The number of carbonyl (C=O) groups is 1. The molecule has 4 rings (SSSR count). The van der Waals surface area contributed by atoms with Gasteiger partial charge in [-0.15, -0.1) is 0 Å². The molecule has 0 saturated heterocycles. The number of ether oxygens (including phenoxy) is 1. The Morgan fingerprint density at radius 1 is 1.14 bits per heavy atom. The summed E-state index contributed by atoms with van der Waals surface area (Å²) in [5.74, 6) is 0.669. The number of nitrogens with zero attached hydrogens (tertiary/aromatic N) is 6. The second-order valence-electron chi connectivity index (χ2n) is 8.90. The van der Waals surface area contributed by atoms with Gasteiger partial charge in [-0.05, 0) is 44.4 Å². The summed E-state index contributed by atoms with van der Waals surface area (Å²) < 4.78 is 7.72. The van der Waals surface area contributed by atoms with Crippen molar-refractivity contribution in [1.29, 1.82) is 0 Å². The zero-order valence-corrected chi connectivity index (χ0v) is 21.8. The normalized spacial score (nSPS) is 11.0. The first-order chi connectivity index (χ1) is 17.8. The molecule has 0 aliphatic carbocycles. The number of pyridine rings is 1. The van der Waals surface area contributed by atoms with E-state index < -0.39 is 0 Å². The molecule has 37 heavy (non-hydrogen) atoms. The van der Waals surface area contributed by atoms with Crippen molar-refractivity contribution < 1.29 is 9.53 Å². The van der Waals surface area contributed by atoms with Crippen LogP contribution in [0.25, 0.3) is 22.3 Å². The number of hydrogen-bond donors (Lipinski definition) is 2. The van der Waals surface area contributed by atoms with E-state index in [9.17, 15) is 4.79 Å². The lowest BCUT2D eigenvalue weighted by molar-refractivity contribution is -0.111. The maximum atomic E-state index is 12.2. The minimum absolute atomic E-state index is 0.305. The zero-order valence-electron chi connectivity index (χ0n) is 21.8. The van der Waals surface area contributed by atoms with Crippen LogP contribution in [0.1, 0.15) is 0 Å². The molecule has 3 aromatic heterocycles. The van der Waals surface area contributed by atoms with Crippen molar-refractivity contribution in [2.45, 2.75) is 0 Å². The molecule has 192 valence electrons. The highest BCUT2D eigenvalue weighted by Gasteiger charge is 2.17. The first-order valence-electron chi connectivity index (χ1n) is 11.8. The fraction of sp³-hybridized carbons (Fsp3) is 0.259. The van der Waals surface area contributed by atoms with Crippen LogP contribution < -0.4 is 20.3 Å². The Morgan fingerprint density at radius 2 is 1.95 bits per heavy atom. The van der Waals surface area contributed by atoms with Crippen LogP contribution in [-0.4, -0.2) is 71.7 Å². The highest BCUT2D eigenvalue weighted by Crippen LogP contribution is 2.38. The monoisotopic (exact) mass is 500 g/mol. The van der Waals surface area contributed by atoms with Crippen molar-refractivity contribution in [2.75, 3.05) is 56.9 Å². The van der Waals surface area contributed by atoms with Gasteiger partial charge in [0.2, 0.25) is 11.9 Å². The van der Waals surface area contributed by atoms with Crippen molar-refractivity contribution in [2.24, 2.45) is 7.05 Å². The molecule has 1 amide bonds. The number of likely N-dealkylation sites (N-methyl/N-ethyl adjacent to an activating group) is 2. The van der Waals surface area contributed by atoms with E-state index in [4.69, 9.17) is 9.72 Å². The van der Waals surface area contributed by atoms with Gasteiger partial charge in [-0.1, -0.05) is 6.58 Å². The number of methoxy groups -OCH3 is 1. The van der Waals surface area contributed by atoms with Crippen molar-refractivity contribution in [3.63, 3.8) is 0 Å². The van der Waals surface area contributed by atoms with Crippen LogP contribution in [0.5, 0.6) is 5.75 Å². The Labute approximate surface area is 216 Å². The Bertz CT molecular complexity index is 1430. The van der Waals surface area contributed by atoms with Crippen LogP contribution in [0, 0.1) is 0 Å². The number of benzene rings is 1. The molecule has 4 aromatic rings. The second kappa shape index (κ2) is 11.1. The molecule has 0 fully saturated rings. The number of amides is 1. The first-order valence-corrected chi connectivity index (χ1v) is 11.8. The molecule has 2 N–H and O–H groups in total. The van der Waals surface area contributed by atoms with Gasteiger partial charge >= 0.3 is 0 Å². The maximum Gasteiger partial charge on any atom is 0.247 e. The number of carbonyl (C=O) groups excluding carboxylic acids is 1. The van der Waals surface area contributed by atoms with E-state index in [1.807, 2.05) is 69.3 Å². The third-order valence-corrected chi connectivity index (χ3v) is 5.98. The summed E-state index contributed by atoms with van der Waals surface area (Å²) in [5, 5.41) is 6.16. The van der Waals surface area contributed by atoms with Gasteiger partial charge in [0.15, 0.2) is 0 Å². The SMILES string of the molecule is C=CC(=O)Nc1cc(Nc2nccc(-c3cn(C)c4cccnc34)n2)c(OC)cc1N(C)CCN(C)C. The molecule has 0 aliphatic heterocycles. The van der Waals surface area contributed by atoms with Gasteiger partial charge in [-0.3, -0.25) is 9.78 Å². The van der Waals surface area contributed by atoms with E-state index in [0.717, 1.165) is 41.1 Å². The summed E-state index contributed by atoms with van der Waals surface area (Å²) in [7, 11) is 9.59. The standard InChI is InChI=1S/C27H32N8O2/c1-7-25(36)30-20-15-21(24(37-6)16-23(20)34(4)14-13-33(2)3)32-27-29-12-10-19(31-27)18-17-35(5)22-9-8-11-28-26(18)22/h7-12,15-17H,1,13-14H2,2-6H3,(H,30,36)(H,29,31,32). The van der Waals surface area contributed by atoms with Crippen molar-refractivity contribution in [3.8, 4) is 17.0 Å². The number of aromatic nitrogens is 4. The molecule has 10 heteroatoms. The predicted molar refractivity (Wildman–Crippen MR) is 149 cm³/mol. The number of hydrogen-bond acceptors (Lipinski definition) is 8. The molecular weight excluding hydrogens is 468 g/mol. The quantitative estimate of drug-likeness (QED) is 0.316. The smallest absolute Gasteiger partial charge is 0.247 e. The maximum absolute atomic E-state index is 12.2. The summed E-state index contributed by atoms with van der Waals surface area (Å²) in [4.78, 5) is 30.1. The highest BCUT2D eigenvalue weighted by atomic mass is 16.5. The molecule has 1 aromatic carbocycles. The largest absolute Gasteiger partial charge is 0.494 e. The van der Waals surface area contributed by atoms with E-state index in [-0.39, 0.29) is 5.91 Å². The van der Waals surface area contributed by atoms with Crippen LogP contribution >= 0.6 is 0 Å². The molecule has 0 atom stereocenters. The van der Waals surface area contributed by atoms with Crippen molar-refractivity contribution in [3.05, 3.63) is 61.6 Å². The van der Waals surface area contributed by atoms with Crippen LogP contribution in [0.3, 0.4) is 0 Å². The summed E-state index contributed by atoms with van der Waals surface area (Å²) >= 11 is 0. The average molecular weight is 501 g/mol. The molecule has 0 unspecified atom stereocenters. The lowest BCUT2D eigenvalue weighted by Gasteiger charge is -2.26. The number of anilines is 4. The predicted octanol–water partition coefficient (Wildman–Crippen LogP) is 3.90. The summed E-state index contributed by atoms with van der Waals surface area (Å²) in [6.45, 7) is 5.18. The Hall–Kier alpha value is -4.44. The third-order valence-electron chi connectivity index (χ3n) is 5.98. The topological polar surface area (TPSA) is 100 Å². The van der Waals surface area contributed by atoms with Crippen LogP contribution in [-0.2, 0) is 11.8 Å². The fourth-order valence-electron chi connectivity index (χ4n) is 4.00. The van der Waals surface area contributed by atoms with E-state index in [1.54, 1.807) is 19.5 Å². The van der Waals surface area contributed by atoms with E-state index >= 15 is 0 Å². The van der Waals surface area contributed by atoms with E-state index in [2.05, 4.69) is 37.0 Å². The lowest BCUT2D eigenvalue weighted by atomic mass is 10.2. The Balaban J connectivity index is 1.71. The number of fused-ring (bicyclic) bond motifs is 1. The molecule has 0 bridgehead atoms. The van der Waals surface area contributed by atoms with Gasteiger partial charge in [0.25, 0.3) is 0 Å². The minimum atomic E-state index is -0.305. The van der Waals surface area contributed by atoms with Gasteiger partial charge in [-0.2, -0.15) is 0 Å². The van der Waals surface area contributed by atoms with Crippen molar-refractivity contribution >= 4 is 40.0 Å². The zero-order chi connectivity index (χ0) is 26.5.